The van der Waals surface area contributed by atoms with Gasteiger partial charge in [0.15, 0.2) is 9.84 Å². The zero-order chi connectivity index (χ0) is 23.3. The number of nitrogens with zero attached hydrogens (tertiary/aromatic N) is 2. The molecule has 0 unspecified atom stereocenters. The van der Waals surface area contributed by atoms with Crippen LogP contribution in [0.25, 0.3) is 0 Å². The van der Waals surface area contributed by atoms with Gasteiger partial charge in [-0.2, -0.15) is 0 Å². The van der Waals surface area contributed by atoms with Crippen LogP contribution in [0.1, 0.15) is 10.4 Å². The summed E-state index contributed by atoms with van der Waals surface area (Å²) in [6.45, 7) is 2.67. The number of piperazine rings is 1. The average Bonchev–Trinajstić information content (AvgIpc) is 2.85. The third-order valence-electron chi connectivity index (χ3n) is 5.53. The Labute approximate surface area is 193 Å². The Bertz CT molecular complexity index is 1210. The van der Waals surface area contributed by atoms with Crippen LogP contribution in [-0.2, 0) is 14.6 Å². The number of carbonyl (C=O) groups excluding carboxylic acids is 2. The van der Waals surface area contributed by atoms with E-state index in [1.807, 2.05) is 47.4 Å². The van der Waals surface area contributed by atoms with Gasteiger partial charge in [-0.3, -0.25) is 9.59 Å². The quantitative estimate of drug-likeness (QED) is 0.607. The highest BCUT2D eigenvalue weighted by atomic mass is 32.2. The highest BCUT2D eigenvalue weighted by molar-refractivity contribution is 7.92. The summed E-state index contributed by atoms with van der Waals surface area (Å²) in [4.78, 5) is 29.0. The van der Waals surface area contributed by atoms with Crippen LogP contribution in [0.3, 0.4) is 0 Å². The van der Waals surface area contributed by atoms with Gasteiger partial charge in [-0.1, -0.05) is 36.4 Å². The first-order chi connectivity index (χ1) is 15.9. The van der Waals surface area contributed by atoms with Crippen LogP contribution in [0.15, 0.2) is 89.8 Å². The first-order valence-electron chi connectivity index (χ1n) is 10.7. The summed E-state index contributed by atoms with van der Waals surface area (Å²) in [6, 6.07) is 24.5. The van der Waals surface area contributed by atoms with Crippen molar-refractivity contribution >= 4 is 33.0 Å². The number of rotatable bonds is 6. The van der Waals surface area contributed by atoms with Crippen LogP contribution in [0.4, 0.5) is 11.4 Å². The molecular formula is C25H25N3O4S. The Kier molecular flexibility index (Phi) is 6.74. The lowest BCUT2D eigenvalue weighted by molar-refractivity contribution is -0.113. The van der Waals surface area contributed by atoms with E-state index in [9.17, 15) is 18.0 Å². The number of hydrogen-bond acceptors (Lipinski definition) is 5. The van der Waals surface area contributed by atoms with E-state index in [1.165, 1.54) is 12.1 Å². The molecule has 1 saturated heterocycles. The zero-order valence-corrected chi connectivity index (χ0v) is 18.9. The number of benzene rings is 3. The monoisotopic (exact) mass is 463 g/mol. The fraction of sp³-hybridized carbons (Fsp3) is 0.200. The summed E-state index contributed by atoms with van der Waals surface area (Å²) in [6.07, 6.45) is 0. The van der Waals surface area contributed by atoms with Crippen molar-refractivity contribution in [2.45, 2.75) is 4.90 Å². The molecule has 1 aliphatic heterocycles. The SMILES string of the molecule is O=C(CS(=O)(=O)c1ccccc1)Nc1ccc(N2CCN(C(=O)c3ccccc3)CC2)cc1. The molecule has 0 aromatic heterocycles. The molecule has 3 aromatic carbocycles. The molecule has 0 radical (unpaired) electrons. The summed E-state index contributed by atoms with van der Waals surface area (Å²) in [7, 11) is -3.69. The Morgan fingerprint density at radius 2 is 1.33 bits per heavy atom. The molecule has 7 nitrogen and oxygen atoms in total. The van der Waals surface area contributed by atoms with Crippen molar-refractivity contribution in [2.75, 3.05) is 42.1 Å². The minimum atomic E-state index is -3.69. The van der Waals surface area contributed by atoms with Gasteiger partial charge < -0.3 is 15.1 Å². The molecular weight excluding hydrogens is 438 g/mol. The van der Waals surface area contributed by atoms with Crippen molar-refractivity contribution in [3.63, 3.8) is 0 Å². The first kappa shape index (κ1) is 22.5. The molecule has 170 valence electrons. The normalized spacial score (nSPS) is 14.1. The maximum Gasteiger partial charge on any atom is 0.253 e. The summed E-state index contributed by atoms with van der Waals surface area (Å²) < 4.78 is 24.7. The highest BCUT2D eigenvalue weighted by Gasteiger charge is 2.22. The molecule has 1 heterocycles. The van der Waals surface area contributed by atoms with Crippen LogP contribution in [0.2, 0.25) is 0 Å². The topological polar surface area (TPSA) is 86.8 Å². The number of anilines is 2. The second-order valence-electron chi connectivity index (χ2n) is 7.81. The van der Waals surface area contributed by atoms with Gasteiger partial charge in [-0.05, 0) is 48.5 Å². The molecule has 4 rings (SSSR count). The lowest BCUT2D eigenvalue weighted by atomic mass is 10.1. The molecule has 3 aromatic rings. The van der Waals surface area contributed by atoms with Crippen molar-refractivity contribution in [3.05, 3.63) is 90.5 Å². The lowest BCUT2D eigenvalue weighted by Crippen LogP contribution is -2.48. The zero-order valence-electron chi connectivity index (χ0n) is 18.1. The third-order valence-corrected chi connectivity index (χ3v) is 7.16. The van der Waals surface area contributed by atoms with Gasteiger partial charge in [-0.15, -0.1) is 0 Å². The molecule has 1 N–H and O–H groups in total. The van der Waals surface area contributed by atoms with Gasteiger partial charge in [-0.25, -0.2) is 8.42 Å². The molecule has 0 spiro atoms. The Morgan fingerprint density at radius 3 is 1.94 bits per heavy atom. The molecule has 2 amide bonds. The fourth-order valence-electron chi connectivity index (χ4n) is 3.77. The van der Waals surface area contributed by atoms with Crippen molar-refractivity contribution < 1.29 is 18.0 Å². The van der Waals surface area contributed by atoms with Gasteiger partial charge >= 0.3 is 0 Å². The van der Waals surface area contributed by atoms with Gasteiger partial charge in [0.1, 0.15) is 5.75 Å². The van der Waals surface area contributed by atoms with Crippen molar-refractivity contribution in [2.24, 2.45) is 0 Å². The fourth-order valence-corrected chi connectivity index (χ4v) is 4.92. The van der Waals surface area contributed by atoms with E-state index in [1.54, 1.807) is 30.3 Å². The van der Waals surface area contributed by atoms with E-state index in [4.69, 9.17) is 0 Å². The molecule has 33 heavy (non-hydrogen) atoms. The summed E-state index contributed by atoms with van der Waals surface area (Å²) >= 11 is 0. The number of amides is 2. The minimum absolute atomic E-state index is 0.0405. The van der Waals surface area contributed by atoms with Crippen molar-refractivity contribution in [3.8, 4) is 0 Å². The molecule has 0 bridgehead atoms. The van der Waals surface area contributed by atoms with Gasteiger partial charge in [0.05, 0.1) is 4.90 Å². The third kappa shape index (κ3) is 5.59. The molecule has 1 fully saturated rings. The van der Waals surface area contributed by atoms with Crippen molar-refractivity contribution in [1.82, 2.24) is 4.90 Å². The molecule has 0 atom stereocenters. The molecule has 0 saturated carbocycles. The van der Waals surface area contributed by atoms with Crippen LogP contribution < -0.4 is 10.2 Å². The van der Waals surface area contributed by atoms with E-state index in [2.05, 4.69) is 10.2 Å². The predicted molar refractivity (Wildman–Crippen MR) is 128 cm³/mol. The van der Waals surface area contributed by atoms with E-state index in [0.29, 0.717) is 37.4 Å². The van der Waals surface area contributed by atoms with Gasteiger partial charge in [0.25, 0.3) is 5.91 Å². The Balaban J connectivity index is 1.31. The summed E-state index contributed by atoms with van der Waals surface area (Å²) in [5, 5.41) is 2.65. The Hall–Kier alpha value is -3.65. The maximum absolute atomic E-state index is 12.6. The predicted octanol–water partition coefficient (Wildman–Crippen LogP) is 3.06. The highest BCUT2D eigenvalue weighted by Crippen LogP contribution is 2.20. The second-order valence-corrected chi connectivity index (χ2v) is 9.80. The molecule has 0 aliphatic carbocycles. The number of hydrogen-bond donors (Lipinski definition) is 1. The minimum Gasteiger partial charge on any atom is -0.368 e. The molecule has 1 aliphatic rings. The molecule has 8 heteroatoms. The van der Waals surface area contributed by atoms with E-state index in [-0.39, 0.29) is 10.8 Å². The number of carbonyl (C=O) groups is 2. The second kappa shape index (κ2) is 9.87. The number of nitrogens with one attached hydrogen (secondary N) is 1. The Morgan fingerprint density at radius 1 is 0.758 bits per heavy atom. The van der Waals surface area contributed by atoms with Crippen molar-refractivity contribution in [1.29, 1.82) is 0 Å². The average molecular weight is 464 g/mol. The van der Waals surface area contributed by atoms with Crippen LogP contribution in [0.5, 0.6) is 0 Å². The van der Waals surface area contributed by atoms with Gasteiger partial charge in [0, 0.05) is 43.1 Å². The first-order valence-corrected chi connectivity index (χ1v) is 12.3. The number of sulfone groups is 1. The smallest absolute Gasteiger partial charge is 0.253 e. The maximum atomic E-state index is 12.6. The van der Waals surface area contributed by atoms with Crippen LogP contribution >= 0.6 is 0 Å². The summed E-state index contributed by atoms with van der Waals surface area (Å²) in [5.41, 5.74) is 2.21. The lowest BCUT2D eigenvalue weighted by Gasteiger charge is -2.36. The van der Waals surface area contributed by atoms with Crippen LogP contribution in [0, 0.1) is 0 Å². The van der Waals surface area contributed by atoms with E-state index in [0.717, 1.165) is 5.69 Å². The van der Waals surface area contributed by atoms with E-state index < -0.39 is 21.5 Å². The largest absolute Gasteiger partial charge is 0.368 e. The standard InChI is InChI=1S/C25H25N3O4S/c29-24(19-33(31,32)23-9-5-2-6-10-23)26-21-11-13-22(14-12-21)27-15-17-28(18-16-27)25(30)20-7-3-1-4-8-20/h1-14H,15-19H2,(H,26,29). The summed E-state index contributed by atoms with van der Waals surface area (Å²) in [5.74, 6) is -1.16. The van der Waals surface area contributed by atoms with Crippen LogP contribution in [-0.4, -0.2) is 57.1 Å². The van der Waals surface area contributed by atoms with E-state index >= 15 is 0 Å². The van der Waals surface area contributed by atoms with Gasteiger partial charge in [0.2, 0.25) is 5.91 Å².